The van der Waals surface area contributed by atoms with E-state index in [9.17, 15) is 39.6 Å². The van der Waals surface area contributed by atoms with Gasteiger partial charge in [0.05, 0.1) is 23.9 Å². The molecular weight excluding hydrogens is 455 g/mol. The second-order valence-electron chi connectivity index (χ2n) is 3.91. The Kier molecular flexibility index (Phi) is 11.9. The van der Waals surface area contributed by atoms with Gasteiger partial charge in [-0.15, -0.1) is 0 Å². The first-order chi connectivity index (χ1) is 9.20. The van der Waals surface area contributed by atoms with E-state index in [4.69, 9.17) is 0 Å². The molecule has 0 heterocycles. The van der Waals surface area contributed by atoms with Gasteiger partial charge in [-0.1, -0.05) is 0 Å². The molecule has 0 fully saturated rings. The summed E-state index contributed by atoms with van der Waals surface area (Å²) in [5.74, 6) is -6.12. The maximum Gasteiger partial charge on any atom is 4.00 e. The topological polar surface area (TPSA) is 167 Å². The van der Waals surface area contributed by atoms with Gasteiger partial charge < -0.3 is 39.6 Å². The molecule has 0 aromatic rings. The van der Waals surface area contributed by atoms with E-state index in [0.717, 1.165) is 9.80 Å². The van der Waals surface area contributed by atoms with Crippen molar-refractivity contribution in [1.29, 1.82) is 0 Å². The maximum absolute atomic E-state index is 10.4. The van der Waals surface area contributed by atoms with Gasteiger partial charge in [-0.25, -0.2) is 0 Å². The van der Waals surface area contributed by atoms with Crippen LogP contribution in [0, 0.1) is 0 Å². The van der Waals surface area contributed by atoms with Gasteiger partial charge in [0.1, 0.15) is 0 Å². The number of carboxylic acid groups (broad SMARTS) is 4. The number of carbonyl (C=O) groups excluding carboxylic acids is 4. The Bertz CT molecular complexity index is 321. The molecule has 0 rings (SSSR count). The molecule has 0 N–H and O–H groups in total. The summed E-state index contributed by atoms with van der Waals surface area (Å²) >= 11 is 0. The maximum atomic E-state index is 10.4. The van der Waals surface area contributed by atoms with Crippen LogP contribution >= 0.6 is 0 Å². The molecule has 114 valence electrons. The smallest absolute Gasteiger partial charge is 0.549 e. The van der Waals surface area contributed by atoms with Crippen LogP contribution in [0.2, 0.25) is 0 Å². The summed E-state index contributed by atoms with van der Waals surface area (Å²) in [6.45, 7) is -3.25. The van der Waals surface area contributed by atoms with Crippen molar-refractivity contribution < 1.29 is 65.4 Å². The van der Waals surface area contributed by atoms with Gasteiger partial charge in [-0.2, -0.15) is 0 Å². The number of carbonyl (C=O) groups is 4. The summed E-state index contributed by atoms with van der Waals surface area (Å²) in [5, 5.41) is 41.6. The van der Waals surface area contributed by atoms with Gasteiger partial charge in [0.25, 0.3) is 0 Å². The predicted octanol–water partition coefficient (Wildman–Crippen LogP) is -7.41. The average molecular weight is 467 g/mol. The molecule has 0 aromatic heterocycles. The molecule has 21 heavy (non-hydrogen) atoms. The van der Waals surface area contributed by atoms with Crippen LogP contribution in [0.15, 0.2) is 0 Å². The van der Waals surface area contributed by atoms with Crippen molar-refractivity contribution in [3.63, 3.8) is 0 Å². The summed E-state index contributed by atoms with van der Waals surface area (Å²) in [6, 6.07) is 0. The molecule has 10 nitrogen and oxygen atoms in total. The molecule has 0 radical (unpaired) electrons. The van der Waals surface area contributed by atoms with Crippen molar-refractivity contribution in [2.45, 2.75) is 0 Å². The molecule has 0 atom stereocenters. The Morgan fingerprint density at radius 1 is 0.571 bits per heavy atom. The molecule has 0 unspecified atom stereocenters. The number of rotatable bonds is 11. The molecule has 0 aliphatic heterocycles. The first-order valence-corrected chi connectivity index (χ1v) is 5.44. The fourth-order valence-corrected chi connectivity index (χ4v) is 1.44. The van der Waals surface area contributed by atoms with E-state index >= 15 is 0 Å². The number of hydrogen-bond donors (Lipinski definition) is 0. The molecule has 0 aliphatic carbocycles. The zero-order valence-electron chi connectivity index (χ0n) is 10.9. The quantitative estimate of drug-likeness (QED) is 0.267. The first kappa shape index (κ1) is 22.0. The average Bonchev–Trinajstić information content (AvgIpc) is 2.22. The predicted molar refractivity (Wildman–Crippen MR) is 52.9 cm³/mol. The number of carboxylic acids is 4. The minimum Gasteiger partial charge on any atom is -0.549 e. The van der Waals surface area contributed by atoms with Crippen LogP contribution in [0.3, 0.4) is 0 Å². The van der Waals surface area contributed by atoms with E-state index in [1.807, 2.05) is 0 Å². The molecule has 0 amide bonds. The molecular formula is C10H12HfN2O8. The van der Waals surface area contributed by atoms with Crippen LogP contribution in [0.25, 0.3) is 0 Å². The SMILES string of the molecule is O=C([O-])CN(CCN(CC(=O)[O-])CC(=O)[O-])CC(=O)[O-].[Hf+4]. The van der Waals surface area contributed by atoms with Crippen molar-refractivity contribution in [2.24, 2.45) is 0 Å². The van der Waals surface area contributed by atoms with Gasteiger partial charge in [0.15, 0.2) is 0 Å². The molecule has 0 saturated heterocycles. The monoisotopic (exact) mass is 468 g/mol. The fourth-order valence-electron chi connectivity index (χ4n) is 1.44. The molecule has 11 heteroatoms. The van der Waals surface area contributed by atoms with Gasteiger partial charge in [-0.3, -0.25) is 9.80 Å². The zero-order valence-corrected chi connectivity index (χ0v) is 14.5. The van der Waals surface area contributed by atoms with Crippen molar-refractivity contribution in [3.05, 3.63) is 0 Å². The Morgan fingerprint density at radius 2 is 0.762 bits per heavy atom. The second-order valence-corrected chi connectivity index (χ2v) is 3.91. The summed E-state index contributed by atoms with van der Waals surface area (Å²) in [4.78, 5) is 43.4. The Labute approximate surface area is 138 Å². The number of hydrogen-bond acceptors (Lipinski definition) is 10. The zero-order chi connectivity index (χ0) is 15.7. The summed E-state index contributed by atoms with van der Waals surface area (Å²) < 4.78 is 0. The normalized spacial score (nSPS) is 10.2. The van der Waals surface area contributed by atoms with E-state index in [2.05, 4.69) is 0 Å². The second kappa shape index (κ2) is 11.3. The number of aliphatic carboxylic acids is 4. The largest absolute Gasteiger partial charge is 4.00 e. The van der Waals surface area contributed by atoms with Crippen LogP contribution in [0.1, 0.15) is 0 Å². The molecule has 0 spiro atoms. The van der Waals surface area contributed by atoms with Gasteiger partial charge >= 0.3 is 25.8 Å². The standard InChI is InChI=1S/C10H16N2O8.Hf/c13-7(14)3-11(4-8(15)16)1-2-12(5-9(17)18)6-10(19)20;/h1-6H2,(H,13,14)(H,15,16)(H,17,18)(H,19,20);/q;+4/p-4. The summed E-state index contributed by atoms with van der Waals surface area (Å²) in [7, 11) is 0. The number of nitrogens with zero attached hydrogens (tertiary/aromatic N) is 2. The van der Waals surface area contributed by atoms with Crippen molar-refractivity contribution in [3.8, 4) is 0 Å². The Morgan fingerprint density at radius 3 is 0.905 bits per heavy atom. The third-order valence-corrected chi connectivity index (χ3v) is 2.14. The molecule has 0 aromatic carbocycles. The molecule has 0 saturated carbocycles. The summed E-state index contributed by atoms with van der Waals surface area (Å²) in [6.07, 6.45) is 0. The van der Waals surface area contributed by atoms with E-state index < -0.39 is 50.1 Å². The fraction of sp³-hybridized carbons (Fsp3) is 0.600. The first-order valence-electron chi connectivity index (χ1n) is 5.44. The van der Waals surface area contributed by atoms with E-state index in [-0.39, 0.29) is 38.9 Å². The van der Waals surface area contributed by atoms with Gasteiger partial charge in [-0.05, 0) is 0 Å². The molecule has 0 aliphatic rings. The molecule has 0 bridgehead atoms. The van der Waals surface area contributed by atoms with Crippen LogP contribution in [-0.4, -0.2) is 72.9 Å². The summed E-state index contributed by atoms with van der Waals surface area (Å²) in [5.41, 5.74) is 0. The van der Waals surface area contributed by atoms with E-state index in [0.29, 0.717) is 0 Å². The third kappa shape index (κ3) is 13.4. The Hall–Kier alpha value is -1.33. The van der Waals surface area contributed by atoms with Crippen molar-refractivity contribution in [2.75, 3.05) is 39.3 Å². The van der Waals surface area contributed by atoms with Gasteiger partial charge in [0, 0.05) is 39.3 Å². The van der Waals surface area contributed by atoms with E-state index in [1.54, 1.807) is 0 Å². The van der Waals surface area contributed by atoms with E-state index in [1.165, 1.54) is 0 Å². The minimum atomic E-state index is -1.53. The van der Waals surface area contributed by atoms with Gasteiger partial charge in [0.2, 0.25) is 0 Å². The van der Waals surface area contributed by atoms with Crippen LogP contribution in [0.4, 0.5) is 0 Å². The minimum absolute atomic E-state index is 0. The van der Waals surface area contributed by atoms with Crippen LogP contribution < -0.4 is 20.4 Å². The van der Waals surface area contributed by atoms with Crippen LogP contribution in [-0.2, 0) is 45.0 Å². The van der Waals surface area contributed by atoms with Crippen molar-refractivity contribution >= 4 is 23.9 Å². The van der Waals surface area contributed by atoms with Crippen molar-refractivity contribution in [1.82, 2.24) is 9.80 Å². The van der Waals surface area contributed by atoms with Crippen LogP contribution in [0.5, 0.6) is 0 Å². The third-order valence-electron chi connectivity index (χ3n) is 2.14. The Balaban J connectivity index is 0.